The number of nitrogens with one attached hydrogen (secondary N) is 2. The number of aryl methyl sites for hydroxylation is 2. The van der Waals surface area contributed by atoms with Gasteiger partial charge in [-0.15, -0.1) is 0 Å². The number of amides is 2. The molecule has 0 bridgehead atoms. The van der Waals surface area contributed by atoms with E-state index in [0.29, 0.717) is 5.56 Å². The summed E-state index contributed by atoms with van der Waals surface area (Å²) in [7, 11) is 1.64. The summed E-state index contributed by atoms with van der Waals surface area (Å²) in [5.41, 5.74) is -0.194. The maximum Gasteiger partial charge on any atom is 0.319 e. The second kappa shape index (κ2) is 7.17. The van der Waals surface area contributed by atoms with E-state index in [1.165, 1.54) is 11.0 Å². The van der Waals surface area contributed by atoms with Crippen LogP contribution in [0, 0.1) is 12.8 Å². The molecule has 0 aliphatic heterocycles. The molecule has 2 amide bonds. The highest BCUT2D eigenvalue weighted by Gasteiger charge is 2.33. The smallest absolute Gasteiger partial charge is 0.319 e. The Morgan fingerprint density at radius 2 is 2.04 bits per heavy atom. The number of hydrogen-bond donors (Lipinski definition) is 3. The lowest BCUT2D eigenvalue weighted by Crippen LogP contribution is -2.48. The molecule has 6 heteroatoms. The summed E-state index contributed by atoms with van der Waals surface area (Å²) in [6, 6.07) is 1.31. The molecular weight excluding hydrogens is 294 g/mol. The van der Waals surface area contributed by atoms with Crippen molar-refractivity contribution in [3.8, 4) is 0 Å². The Balaban J connectivity index is 1.95. The van der Waals surface area contributed by atoms with Gasteiger partial charge in [-0.2, -0.15) is 0 Å². The minimum atomic E-state index is -0.922. The first kappa shape index (κ1) is 17.5. The van der Waals surface area contributed by atoms with E-state index in [1.807, 2.05) is 0 Å². The van der Waals surface area contributed by atoms with E-state index < -0.39 is 11.6 Å². The molecule has 0 saturated heterocycles. The molecule has 2 rings (SSSR count). The molecule has 1 saturated carbocycles. The number of urea groups is 1. The molecule has 1 atom stereocenters. The summed E-state index contributed by atoms with van der Waals surface area (Å²) in [6.45, 7) is 3.72. The standard InChI is InChI=1S/C17H27N3O3/c1-12-9-10-20(3)15(21)14(12)19-16(22)18-11-17(2,23)13-7-5-4-6-8-13/h9-10,13,23H,4-8,11H2,1-3H3,(H2,18,19,22)/t17-/m0/s1. The molecule has 1 aromatic rings. The van der Waals surface area contributed by atoms with Crippen molar-refractivity contribution in [1.82, 2.24) is 9.88 Å². The lowest BCUT2D eigenvalue weighted by atomic mass is 9.78. The number of aliphatic hydroxyl groups is 1. The van der Waals surface area contributed by atoms with Gasteiger partial charge in [0.15, 0.2) is 0 Å². The molecule has 0 spiro atoms. The predicted molar refractivity (Wildman–Crippen MR) is 90.6 cm³/mol. The lowest BCUT2D eigenvalue weighted by Gasteiger charge is -2.35. The summed E-state index contributed by atoms with van der Waals surface area (Å²) in [6.07, 6.45) is 7.13. The number of pyridine rings is 1. The maximum atomic E-state index is 12.1. The minimum Gasteiger partial charge on any atom is -0.388 e. The topological polar surface area (TPSA) is 83.4 Å². The Labute approximate surface area is 136 Å². The number of anilines is 1. The van der Waals surface area contributed by atoms with Crippen molar-refractivity contribution in [1.29, 1.82) is 0 Å². The van der Waals surface area contributed by atoms with Crippen LogP contribution < -0.4 is 16.2 Å². The van der Waals surface area contributed by atoms with Crippen molar-refractivity contribution < 1.29 is 9.90 Å². The van der Waals surface area contributed by atoms with E-state index in [0.717, 1.165) is 25.7 Å². The van der Waals surface area contributed by atoms with Crippen molar-refractivity contribution >= 4 is 11.7 Å². The molecule has 6 nitrogen and oxygen atoms in total. The van der Waals surface area contributed by atoms with Crippen LogP contribution in [0.4, 0.5) is 10.5 Å². The predicted octanol–water partition coefficient (Wildman–Crippen LogP) is 2.15. The molecule has 1 heterocycles. The summed E-state index contributed by atoms with van der Waals surface area (Å²) in [5.74, 6) is 0.211. The molecule has 1 aromatic heterocycles. The largest absolute Gasteiger partial charge is 0.388 e. The van der Waals surface area contributed by atoms with E-state index in [4.69, 9.17) is 0 Å². The van der Waals surface area contributed by atoms with E-state index in [-0.39, 0.29) is 23.7 Å². The van der Waals surface area contributed by atoms with Crippen LogP contribution in [0.2, 0.25) is 0 Å². The van der Waals surface area contributed by atoms with Crippen molar-refractivity contribution in [2.75, 3.05) is 11.9 Å². The molecule has 3 N–H and O–H groups in total. The van der Waals surface area contributed by atoms with Crippen LogP contribution in [0.15, 0.2) is 17.1 Å². The Morgan fingerprint density at radius 1 is 1.39 bits per heavy atom. The number of hydrogen-bond acceptors (Lipinski definition) is 3. The first-order valence-corrected chi connectivity index (χ1v) is 8.25. The lowest BCUT2D eigenvalue weighted by molar-refractivity contribution is -0.0127. The number of rotatable bonds is 4. The van der Waals surface area contributed by atoms with Gasteiger partial charge in [0.05, 0.1) is 5.60 Å². The number of aromatic nitrogens is 1. The van der Waals surface area contributed by atoms with Crippen LogP contribution >= 0.6 is 0 Å². The van der Waals surface area contributed by atoms with Crippen LogP contribution in [-0.2, 0) is 7.05 Å². The number of carbonyl (C=O) groups excluding carboxylic acids is 1. The van der Waals surface area contributed by atoms with Crippen LogP contribution in [0.5, 0.6) is 0 Å². The number of nitrogens with zero attached hydrogens (tertiary/aromatic N) is 1. The van der Waals surface area contributed by atoms with Crippen LogP contribution in [0.25, 0.3) is 0 Å². The van der Waals surface area contributed by atoms with Gasteiger partial charge in [0.25, 0.3) is 5.56 Å². The fraction of sp³-hybridized carbons (Fsp3) is 0.647. The van der Waals surface area contributed by atoms with Gasteiger partial charge in [-0.1, -0.05) is 19.3 Å². The van der Waals surface area contributed by atoms with Gasteiger partial charge in [0, 0.05) is 19.8 Å². The average Bonchev–Trinajstić information content (AvgIpc) is 2.54. The highest BCUT2D eigenvalue weighted by atomic mass is 16.3. The van der Waals surface area contributed by atoms with Crippen LogP contribution in [0.1, 0.15) is 44.6 Å². The summed E-state index contributed by atoms with van der Waals surface area (Å²) < 4.78 is 1.42. The molecule has 128 valence electrons. The van der Waals surface area contributed by atoms with Gasteiger partial charge < -0.3 is 20.3 Å². The quantitative estimate of drug-likeness (QED) is 0.794. The summed E-state index contributed by atoms with van der Waals surface area (Å²) >= 11 is 0. The first-order valence-electron chi connectivity index (χ1n) is 8.25. The minimum absolute atomic E-state index is 0.176. The number of carbonyl (C=O) groups is 1. The normalized spacial score (nSPS) is 18.3. The zero-order chi connectivity index (χ0) is 17.0. The van der Waals surface area contributed by atoms with E-state index in [2.05, 4.69) is 10.6 Å². The fourth-order valence-electron chi connectivity index (χ4n) is 3.16. The van der Waals surface area contributed by atoms with Crippen LogP contribution in [-0.4, -0.2) is 27.9 Å². The molecule has 23 heavy (non-hydrogen) atoms. The van der Waals surface area contributed by atoms with Gasteiger partial charge >= 0.3 is 6.03 Å². The van der Waals surface area contributed by atoms with E-state index in [9.17, 15) is 14.7 Å². The third-order valence-corrected chi connectivity index (χ3v) is 4.81. The Hall–Kier alpha value is -1.82. The third-order valence-electron chi connectivity index (χ3n) is 4.81. The zero-order valence-corrected chi connectivity index (χ0v) is 14.2. The first-order chi connectivity index (χ1) is 10.8. The molecule has 0 radical (unpaired) electrons. The van der Waals surface area contributed by atoms with E-state index >= 15 is 0 Å². The summed E-state index contributed by atoms with van der Waals surface area (Å²) in [5, 5.41) is 15.9. The van der Waals surface area contributed by atoms with Gasteiger partial charge in [-0.25, -0.2) is 4.79 Å². The second-order valence-electron chi connectivity index (χ2n) is 6.79. The van der Waals surface area contributed by atoms with Crippen LogP contribution in [0.3, 0.4) is 0 Å². The van der Waals surface area contributed by atoms with E-state index in [1.54, 1.807) is 33.2 Å². The molecule has 0 aromatic carbocycles. The zero-order valence-electron chi connectivity index (χ0n) is 14.2. The Morgan fingerprint density at radius 3 is 2.70 bits per heavy atom. The van der Waals surface area contributed by atoms with Gasteiger partial charge in [-0.05, 0) is 44.2 Å². The molecule has 1 fully saturated rings. The summed E-state index contributed by atoms with van der Waals surface area (Å²) in [4.78, 5) is 24.1. The molecule has 0 unspecified atom stereocenters. The Kier molecular flexibility index (Phi) is 5.46. The third kappa shape index (κ3) is 4.34. The fourth-order valence-corrected chi connectivity index (χ4v) is 3.16. The monoisotopic (exact) mass is 321 g/mol. The maximum absolute atomic E-state index is 12.1. The van der Waals surface area contributed by atoms with Gasteiger partial charge in [0.2, 0.25) is 0 Å². The van der Waals surface area contributed by atoms with Gasteiger partial charge in [0.1, 0.15) is 5.69 Å². The molecular formula is C17H27N3O3. The van der Waals surface area contributed by atoms with Crippen molar-refractivity contribution in [3.05, 3.63) is 28.2 Å². The highest BCUT2D eigenvalue weighted by Crippen LogP contribution is 2.32. The average molecular weight is 321 g/mol. The Bertz CT molecular complexity index is 616. The second-order valence-corrected chi connectivity index (χ2v) is 6.79. The van der Waals surface area contributed by atoms with Crippen molar-refractivity contribution in [3.63, 3.8) is 0 Å². The van der Waals surface area contributed by atoms with Crippen molar-refractivity contribution in [2.45, 2.75) is 51.6 Å². The molecule has 1 aliphatic rings. The molecule has 1 aliphatic carbocycles. The highest BCUT2D eigenvalue weighted by molar-refractivity contribution is 5.89. The van der Waals surface area contributed by atoms with Crippen molar-refractivity contribution in [2.24, 2.45) is 13.0 Å². The van der Waals surface area contributed by atoms with Gasteiger partial charge in [-0.3, -0.25) is 4.79 Å². The SMILES string of the molecule is Cc1ccn(C)c(=O)c1NC(=O)NC[C@](C)(O)C1CCCCC1.